The van der Waals surface area contributed by atoms with Crippen LogP contribution in [0.2, 0.25) is 0 Å². The Morgan fingerprint density at radius 1 is 1.35 bits per heavy atom. The Kier molecular flexibility index (Phi) is 4.40. The van der Waals surface area contributed by atoms with Crippen molar-refractivity contribution in [3.63, 3.8) is 0 Å². The lowest BCUT2D eigenvalue weighted by Gasteiger charge is -2.23. The second-order valence-electron chi connectivity index (χ2n) is 5.84. The highest BCUT2D eigenvalue weighted by atomic mass is 16.3. The van der Waals surface area contributed by atoms with Gasteiger partial charge in [0.2, 0.25) is 0 Å². The zero-order valence-corrected chi connectivity index (χ0v) is 11.2. The second-order valence-corrected chi connectivity index (χ2v) is 5.84. The first-order valence-electron chi connectivity index (χ1n) is 6.06. The molecule has 0 saturated carbocycles. The van der Waals surface area contributed by atoms with Crippen molar-refractivity contribution in [2.45, 2.75) is 40.2 Å². The number of anilines is 2. The molecule has 0 saturated heterocycles. The van der Waals surface area contributed by atoms with E-state index < -0.39 is 0 Å². The summed E-state index contributed by atoms with van der Waals surface area (Å²) < 4.78 is 0. The third kappa shape index (κ3) is 4.65. The van der Waals surface area contributed by atoms with E-state index in [-0.39, 0.29) is 11.5 Å². The van der Waals surface area contributed by atoms with Crippen LogP contribution >= 0.6 is 0 Å². The molecule has 1 aromatic rings. The number of nitrogen functional groups attached to an aromatic ring is 1. The van der Waals surface area contributed by atoms with Gasteiger partial charge in [0, 0.05) is 6.54 Å². The van der Waals surface area contributed by atoms with E-state index in [9.17, 15) is 5.11 Å². The number of nitrogens with one attached hydrogen (secondary N) is 1. The van der Waals surface area contributed by atoms with Crippen molar-refractivity contribution in [1.29, 1.82) is 0 Å². The summed E-state index contributed by atoms with van der Waals surface area (Å²) in [6.07, 6.45) is 0.418. The van der Waals surface area contributed by atoms with Crippen molar-refractivity contribution < 1.29 is 5.11 Å². The fraction of sp³-hybridized carbons (Fsp3) is 0.571. The van der Waals surface area contributed by atoms with Gasteiger partial charge in [-0.05, 0) is 30.4 Å². The maximum absolute atomic E-state index is 9.90. The number of para-hydroxylation sites is 1. The minimum Gasteiger partial charge on any atom is -0.397 e. The van der Waals surface area contributed by atoms with Gasteiger partial charge in [-0.3, -0.25) is 0 Å². The molecule has 1 rings (SSSR count). The Hall–Kier alpha value is -1.22. The molecule has 0 amide bonds. The number of rotatable bonds is 4. The van der Waals surface area contributed by atoms with Crippen LogP contribution in [0.4, 0.5) is 11.4 Å². The molecule has 4 N–H and O–H groups in total. The molecule has 0 bridgehead atoms. The molecular formula is C14H24N2O. The van der Waals surface area contributed by atoms with Crippen LogP contribution in [0.1, 0.15) is 32.8 Å². The minimum absolute atomic E-state index is 0.138. The molecule has 0 aliphatic rings. The summed E-state index contributed by atoms with van der Waals surface area (Å²) in [5, 5.41) is 13.1. The SMILES string of the molecule is Cc1cccc(NCC(O)CC(C)(C)C)c1N. The van der Waals surface area contributed by atoms with Gasteiger partial charge in [0.15, 0.2) is 0 Å². The maximum atomic E-state index is 9.90. The van der Waals surface area contributed by atoms with Crippen molar-refractivity contribution in [2.24, 2.45) is 5.41 Å². The first kappa shape index (κ1) is 13.8. The number of aliphatic hydroxyl groups excluding tert-OH is 1. The summed E-state index contributed by atoms with van der Waals surface area (Å²) in [5.41, 5.74) is 8.81. The molecule has 0 heterocycles. The predicted octanol–water partition coefficient (Wildman–Crippen LogP) is 2.79. The highest BCUT2D eigenvalue weighted by Crippen LogP contribution is 2.23. The molecule has 1 unspecified atom stereocenters. The van der Waals surface area contributed by atoms with Gasteiger partial charge in [-0.15, -0.1) is 0 Å². The summed E-state index contributed by atoms with van der Waals surface area (Å²) >= 11 is 0. The molecule has 0 aromatic heterocycles. The van der Waals surface area contributed by atoms with E-state index in [0.717, 1.165) is 23.4 Å². The average molecular weight is 236 g/mol. The normalized spacial score (nSPS) is 13.5. The fourth-order valence-corrected chi connectivity index (χ4v) is 1.84. The minimum atomic E-state index is -0.352. The summed E-state index contributed by atoms with van der Waals surface area (Å²) in [6, 6.07) is 5.88. The molecule has 0 spiro atoms. The van der Waals surface area contributed by atoms with Gasteiger partial charge in [-0.1, -0.05) is 32.9 Å². The lowest BCUT2D eigenvalue weighted by Crippen LogP contribution is -2.25. The van der Waals surface area contributed by atoms with Crippen molar-refractivity contribution in [2.75, 3.05) is 17.6 Å². The molecule has 0 aliphatic heterocycles. The zero-order chi connectivity index (χ0) is 13.1. The molecular weight excluding hydrogens is 212 g/mol. The molecule has 0 fully saturated rings. The number of benzene rings is 1. The highest BCUT2D eigenvalue weighted by molar-refractivity contribution is 5.69. The topological polar surface area (TPSA) is 58.3 Å². The summed E-state index contributed by atoms with van der Waals surface area (Å²) in [4.78, 5) is 0. The Bertz CT molecular complexity index is 369. The first-order chi connectivity index (χ1) is 7.79. The van der Waals surface area contributed by atoms with Gasteiger partial charge in [-0.25, -0.2) is 0 Å². The number of aliphatic hydroxyl groups is 1. The van der Waals surface area contributed by atoms with Crippen LogP contribution in [0.25, 0.3) is 0 Å². The van der Waals surface area contributed by atoms with E-state index >= 15 is 0 Å². The van der Waals surface area contributed by atoms with Gasteiger partial charge in [0.05, 0.1) is 17.5 Å². The monoisotopic (exact) mass is 236 g/mol. The summed E-state index contributed by atoms with van der Waals surface area (Å²) in [7, 11) is 0. The number of hydrogen-bond donors (Lipinski definition) is 3. The average Bonchev–Trinajstić information content (AvgIpc) is 2.18. The summed E-state index contributed by atoms with van der Waals surface area (Å²) in [5.74, 6) is 0. The number of nitrogens with two attached hydrogens (primary N) is 1. The lowest BCUT2D eigenvalue weighted by molar-refractivity contribution is 0.132. The molecule has 1 aromatic carbocycles. The maximum Gasteiger partial charge on any atom is 0.0717 e. The number of aryl methyl sites for hydroxylation is 1. The molecule has 3 heteroatoms. The Balaban J connectivity index is 2.53. The van der Waals surface area contributed by atoms with Crippen LogP contribution in [-0.2, 0) is 0 Å². The quantitative estimate of drug-likeness (QED) is 0.705. The van der Waals surface area contributed by atoms with Crippen LogP contribution in [-0.4, -0.2) is 17.8 Å². The van der Waals surface area contributed by atoms with Gasteiger partial charge >= 0.3 is 0 Å². The van der Waals surface area contributed by atoms with Gasteiger partial charge in [0.1, 0.15) is 0 Å². The summed E-state index contributed by atoms with van der Waals surface area (Å²) in [6.45, 7) is 8.88. The van der Waals surface area contributed by atoms with E-state index in [4.69, 9.17) is 5.73 Å². The third-order valence-corrected chi connectivity index (χ3v) is 2.70. The highest BCUT2D eigenvalue weighted by Gasteiger charge is 2.16. The molecule has 0 aliphatic carbocycles. The van der Waals surface area contributed by atoms with Crippen LogP contribution in [0.15, 0.2) is 18.2 Å². The molecule has 17 heavy (non-hydrogen) atoms. The van der Waals surface area contributed by atoms with E-state index in [1.165, 1.54) is 0 Å². The standard InChI is InChI=1S/C14H24N2O/c1-10-6-5-7-12(13(10)15)16-9-11(17)8-14(2,3)4/h5-7,11,16-17H,8-9,15H2,1-4H3. The van der Waals surface area contributed by atoms with E-state index in [1.54, 1.807) is 0 Å². The predicted molar refractivity (Wildman–Crippen MR) is 74.2 cm³/mol. The Labute approximate surface area is 104 Å². The van der Waals surface area contributed by atoms with Crippen LogP contribution in [0.3, 0.4) is 0 Å². The lowest BCUT2D eigenvalue weighted by atomic mass is 9.89. The van der Waals surface area contributed by atoms with Crippen LogP contribution in [0, 0.1) is 12.3 Å². The zero-order valence-electron chi connectivity index (χ0n) is 11.2. The molecule has 0 radical (unpaired) electrons. The van der Waals surface area contributed by atoms with Crippen LogP contribution in [0.5, 0.6) is 0 Å². The third-order valence-electron chi connectivity index (χ3n) is 2.70. The van der Waals surface area contributed by atoms with Crippen LogP contribution < -0.4 is 11.1 Å². The van der Waals surface area contributed by atoms with E-state index in [2.05, 4.69) is 26.1 Å². The van der Waals surface area contributed by atoms with Crippen molar-refractivity contribution in [1.82, 2.24) is 0 Å². The van der Waals surface area contributed by atoms with Crippen molar-refractivity contribution >= 4 is 11.4 Å². The van der Waals surface area contributed by atoms with Gasteiger partial charge in [0.25, 0.3) is 0 Å². The van der Waals surface area contributed by atoms with Crippen molar-refractivity contribution in [3.05, 3.63) is 23.8 Å². The molecule has 3 nitrogen and oxygen atoms in total. The van der Waals surface area contributed by atoms with Gasteiger partial charge in [-0.2, -0.15) is 0 Å². The Morgan fingerprint density at radius 2 is 2.00 bits per heavy atom. The van der Waals surface area contributed by atoms with Crippen molar-refractivity contribution in [3.8, 4) is 0 Å². The van der Waals surface area contributed by atoms with E-state index in [0.29, 0.717) is 6.54 Å². The first-order valence-corrected chi connectivity index (χ1v) is 6.06. The largest absolute Gasteiger partial charge is 0.397 e. The second kappa shape index (κ2) is 5.41. The smallest absolute Gasteiger partial charge is 0.0717 e. The van der Waals surface area contributed by atoms with E-state index in [1.807, 2.05) is 25.1 Å². The molecule has 96 valence electrons. The fourth-order valence-electron chi connectivity index (χ4n) is 1.84. The number of hydrogen-bond acceptors (Lipinski definition) is 3. The molecule has 1 atom stereocenters. The van der Waals surface area contributed by atoms with Gasteiger partial charge < -0.3 is 16.2 Å². The Morgan fingerprint density at radius 3 is 2.59 bits per heavy atom.